The molecule has 0 saturated carbocycles. The summed E-state index contributed by atoms with van der Waals surface area (Å²) in [6.45, 7) is 3.58. The van der Waals surface area contributed by atoms with Gasteiger partial charge < -0.3 is 24.4 Å². The molecule has 1 fully saturated rings. The smallest absolute Gasteiger partial charge is 0.250 e. The molecule has 0 aliphatic carbocycles. The minimum atomic E-state index is -0.925. The number of fused-ring (bicyclic) bond motifs is 1. The number of benzene rings is 1. The molecule has 2 heterocycles. The molecule has 8 heteroatoms. The van der Waals surface area contributed by atoms with E-state index < -0.39 is 5.54 Å². The van der Waals surface area contributed by atoms with Gasteiger partial charge >= 0.3 is 0 Å². The molecule has 0 spiro atoms. The van der Waals surface area contributed by atoms with E-state index in [-0.39, 0.29) is 11.8 Å². The fourth-order valence-corrected chi connectivity index (χ4v) is 4.01. The molecule has 0 aromatic heterocycles. The highest BCUT2D eigenvalue weighted by atomic mass is 32.2. The zero-order valence-corrected chi connectivity index (χ0v) is 15.2. The van der Waals surface area contributed by atoms with Gasteiger partial charge in [0.2, 0.25) is 5.91 Å². The molecule has 1 saturated heterocycles. The van der Waals surface area contributed by atoms with Crippen LogP contribution in [0.5, 0.6) is 11.5 Å². The van der Waals surface area contributed by atoms with E-state index in [1.807, 2.05) is 0 Å². The van der Waals surface area contributed by atoms with E-state index in [0.717, 1.165) is 0 Å². The lowest BCUT2D eigenvalue weighted by molar-refractivity contribution is -0.142. The minimum absolute atomic E-state index is 0.0480. The fraction of sp³-hybridized carbons (Fsp3) is 0.529. The van der Waals surface area contributed by atoms with Crippen LogP contribution in [-0.4, -0.2) is 67.2 Å². The predicted molar refractivity (Wildman–Crippen MR) is 95.4 cm³/mol. The predicted octanol–water partition coefficient (Wildman–Crippen LogP) is 1.38. The molecule has 1 unspecified atom stereocenters. The number of anilines is 1. The van der Waals surface area contributed by atoms with E-state index in [9.17, 15) is 9.59 Å². The highest BCUT2D eigenvalue weighted by Crippen LogP contribution is 2.34. The molecule has 1 aromatic carbocycles. The van der Waals surface area contributed by atoms with Crippen LogP contribution < -0.4 is 14.8 Å². The number of rotatable bonds is 5. The van der Waals surface area contributed by atoms with Gasteiger partial charge in [0, 0.05) is 31.2 Å². The van der Waals surface area contributed by atoms with Crippen LogP contribution in [0.3, 0.4) is 0 Å². The first kappa shape index (κ1) is 17.9. The number of ether oxygens (including phenoxy) is 3. The third kappa shape index (κ3) is 3.69. The van der Waals surface area contributed by atoms with E-state index >= 15 is 0 Å². The van der Waals surface area contributed by atoms with Crippen LogP contribution in [0.2, 0.25) is 0 Å². The average Bonchev–Trinajstić information content (AvgIpc) is 2.61. The summed E-state index contributed by atoms with van der Waals surface area (Å²) < 4.78 is 16.1. The van der Waals surface area contributed by atoms with Crippen LogP contribution in [0.15, 0.2) is 18.2 Å². The van der Waals surface area contributed by atoms with Crippen molar-refractivity contribution in [3.05, 3.63) is 18.2 Å². The van der Waals surface area contributed by atoms with E-state index in [2.05, 4.69) is 5.32 Å². The summed E-state index contributed by atoms with van der Waals surface area (Å²) in [5.74, 6) is 1.93. The van der Waals surface area contributed by atoms with Crippen LogP contribution in [0, 0.1) is 0 Å². The largest absolute Gasteiger partial charge is 0.486 e. The molecule has 2 amide bonds. The number of nitrogens with one attached hydrogen (secondary N) is 1. The van der Waals surface area contributed by atoms with Crippen molar-refractivity contribution in [3.8, 4) is 11.5 Å². The van der Waals surface area contributed by atoms with Gasteiger partial charge in [-0.05, 0) is 19.1 Å². The Labute approximate surface area is 151 Å². The summed E-state index contributed by atoms with van der Waals surface area (Å²) in [5, 5.41) is 2.91. The van der Waals surface area contributed by atoms with Crippen molar-refractivity contribution < 1.29 is 23.8 Å². The molecule has 1 aromatic rings. The zero-order chi connectivity index (χ0) is 17.9. The Kier molecular flexibility index (Phi) is 5.39. The van der Waals surface area contributed by atoms with Crippen molar-refractivity contribution in [2.24, 2.45) is 0 Å². The number of hydrogen-bond acceptors (Lipinski definition) is 6. The average molecular weight is 366 g/mol. The number of carbonyl (C=O) groups is 2. The van der Waals surface area contributed by atoms with Gasteiger partial charge in [-0.3, -0.25) is 9.59 Å². The van der Waals surface area contributed by atoms with E-state index in [1.165, 1.54) is 11.8 Å². The Morgan fingerprint density at radius 3 is 2.88 bits per heavy atom. The second-order valence-electron chi connectivity index (χ2n) is 6.12. The number of thioether (sulfide) groups is 1. The molecule has 0 radical (unpaired) electrons. The first-order valence-electron chi connectivity index (χ1n) is 8.13. The number of methoxy groups -OCH3 is 1. The lowest BCUT2D eigenvalue weighted by atomic mass is 10.00. The van der Waals surface area contributed by atoms with Crippen LogP contribution in [-0.2, 0) is 14.3 Å². The van der Waals surface area contributed by atoms with Gasteiger partial charge in [0.25, 0.3) is 5.91 Å². The first-order chi connectivity index (χ1) is 12.0. The Bertz CT molecular complexity index is 668. The molecule has 136 valence electrons. The molecule has 25 heavy (non-hydrogen) atoms. The van der Waals surface area contributed by atoms with Gasteiger partial charge in [0.1, 0.15) is 18.8 Å². The number of carbonyl (C=O) groups excluding carboxylic acids is 2. The normalized spacial score (nSPS) is 22.6. The first-order valence-corrected chi connectivity index (χ1v) is 9.28. The van der Waals surface area contributed by atoms with Crippen molar-refractivity contribution in [1.29, 1.82) is 0 Å². The van der Waals surface area contributed by atoms with Crippen LogP contribution in [0.4, 0.5) is 5.69 Å². The third-order valence-electron chi connectivity index (χ3n) is 4.31. The van der Waals surface area contributed by atoms with Crippen molar-refractivity contribution in [2.45, 2.75) is 12.5 Å². The molecular weight excluding hydrogens is 344 g/mol. The van der Waals surface area contributed by atoms with Gasteiger partial charge in [0.15, 0.2) is 11.5 Å². The highest BCUT2D eigenvalue weighted by Gasteiger charge is 2.44. The third-order valence-corrected chi connectivity index (χ3v) is 5.53. The van der Waals surface area contributed by atoms with Gasteiger partial charge in [-0.25, -0.2) is 0 Å². The summed E-state index contributed by atoms with van der Waals surface area (Å²) in [7, 11) is 1.58. The quantitative estimate of drug-likeness (QED) is 0.848. The van der Waals surface area contributed by atoms with Crippen LogP contribution in [0.1, 0.15) is 6.92 Å². The molecule has 2 aliphatic heterocycles. The highest BCUT2D eigenvalue weighted by molar-refractivity contribution is 8.00. The topological polar surface area (TPSA) is 77.1 Å². The Hall–Kier alpha value is -1.93. The maximum Gasteiger partial charge on any atom is 0.250 e. The molecule has 0 bridgehead atoms. The van der Waals surface area contributed by atoms with Gasteiger partial charge in [-0.2, -0.15) is 0 Å². The monoisotopic (exact) mass is 366 g/mol. The van der Waals surface area contributed by atoms with Crippen LogP contribution >= 0.6 is 11.8 Å². The molecule has 3 rings (SSSR count). The maximum atomic E-state index is 12.9. The SMILES string of the molecule is COCCN1C(=O)CSCC1(C)C(=O)Nc1ccc2c(c1)OCCO2. The molecule has 7 nitrogen and oxygen atoms in total. The van der Waals surface area contributed by atoms with E-state index in [1.54, 1.807) is 37.1 Å². The standard InChI is InChI=1S/C17H22N2O5S/c1-17(11-25-10-15(20)19(17)5-6-22-2)16(21)18-12-3-4-13-14(9-12)24-8-7-23-13/h3-4,9H,5-8,10-11H2,1-2H3,(H,18,21). The fourth-order valence-electron chi connectivity index (χ4n) is 2.90. The molecule has 1 atom stereocenters. The summed E-state index contributed by atoms with van der Waals surface area (Å²) in [6.07, 6.45) is 0. The number of hydrogen-bond donors (Lipinski definition) is 1. The number of nitrogens with zero attached hydrogens (tertiary/aromatic N) is 1. The molecule has 2 aliphatic rings. The van der Waals surface area contributed by atoms with Gasteiger partial charge in [0.05, 0.1) is 12.4 Å². The van der Waals surface area contributed by atoms with Crippen molar-refractivity contribution in [2.75, 3.05) is 50.3 Å². The molecule has 1 N–H and O–H groups in total. The Morgan fingerprint density at radius 1 is 1.36 bits per heavy atom. The van der Waals surface area contributed by atoms with E-state index in [0.29, 0.717) is 55.1 Å². The maximum absolute atomic E-state index is 12.9. The second kappa shape index (κ2) is 7.53. The Morgan fingerprint density at radius 2 is 2.12 bits per heavy atom. The second-order valence-corrected chi connectivity index (χ2v) is 7.10. The minimum Gasteiger partial charge on any atom is -0.486 e. The summed E-state index contributed by atoms with van der Waals surface area (Å²) >= 11 is 1.47. The Balaban J connectivity index is 1.77. The lowest BCUT2D eigenvalue weighted by Gasteiger charge is -2.42. The number of amides is 2. The van der Waals surface area contributed by atoms with Gasteiger partial charge in [-0.1, -0.05) is 0 Å². The van der Waals surface area contributed by atoms with Crippen LogP contribution in [0.25, 0.3) is 0 Å². The molecular formula is C17H22N2O5S. The lowest BCUT2D eigenvalue weighted by Crippen LogP contribution is -2.62. The van der Waals surface area contributed by atoms with E-state index in [4.69, 9.17) is 14.2 Å². The van der Waals surface area contributed by atoms with Crippen molar-refractivity contribution in [3.63, 3.8) is 0 Å². The zero-order valence-electron chi connectivity index (χ0n) is 14.4. The van der Waals surface area contributed by atoms with Gasteiger partial charge in [-0.15, -0.1) is 11.8 Å². The van der Waals surface area contributed by atoms with Crippen molar-refractivity contribution >= 4 is 29.3 Å². The summed E-state index contributed by atoms with van der Waals surface area (Å²) in [6, 6.07) is 5.29. The van der Waals surface area contributed by atoms with Crippen molar-refractivity contribution in [1.82, 2.24) is 4.90 Å². The summed E-state index contributed by atoms with van der Waals surface area (Å²) in [5.41, 5.74) is -0.309. The summed E-state index contributed by atoms with van der Waals surface area (Å²) in [4.78, 5) is 26.9.